The molecule has 0 aliphatic carbocycles. The number of alkyl halides is 1. The Morgan fingerprint density at radius 2 is 2.16 bits per heavy atom. The van der Waals surface area contributed by atoms with Crippen molar-refractivity contribution in [2.45, 2.75) is 48.5 Å². The molecule has 0 aromatic heterocycles. The van der Waals surface area contributed by atoms with E-state index in [4.69, 9.17) is 16.3 Å². The number of aliphatic hydroxyl groups is 1. The van der Waals surface area contributed by atoms with Gasteiger partial charge in [-0.25, -0.2) is 0 Å². The number of hydrogen-bond donors (Lipinski definition) is 1. The van der Waals surface area contributed by atoms with Crippen LogP contribution in [-0.4, -0.2) is 22.5 Å². The maximum atomic E-state index is 10.2. The van der Waals surface area contributed by atoms with Crippen molar-refractivity contribution in [3.63, 3.8) is 0 Å². The first-order chi connectivity index (χ1) is 9.13. The van der Waals surface area contributed by atoms with Crippen molar-refractivity contribution in [2.24, 2.45) is 5.92 Å². The summed E-state index contributed by atoms with van der Waals surface area (Å²) >= 11 is 7.94. The fourth-order valence-corrected chi connectivity index (χ4v) is 3.82. The summed E-state index contributed by atoms with van der Waals surface area (Å²) < 4.78 is 5.91. The highest BCUT2D eigenvalue weighted by molar-refractivity contribution is 8.00. The van der Waals surface area contributed by atoms with Crippen LogP contribution in [0.15, 0.2) is 29.2 Å². The molecule has 0 saturated heterocycles. The van der Waals surface area contributed by atoms with E-state index in [9.17, 15) is 5.11 Å². The van der Waals surface area contributed by atoms with Crippen LogP contribution in [0.3, 0.4) is 0 Å². The largest absolute Gasteiger partial charge is 0.387 e. The molecule has 2 nitrogen and oxygen atoms in total. The first-order valence-corrected chi connectivity index (χ1v) is 8.14. The Labute approximate surface area is 124 Å². The second-order valence-electron chi connectivity index (χ2n) is 5.14. The number of aliphatic hydroxyl groups excluding tert-OH is 1. The van der Waals surface area contributed by atoms with E-state index in [1.54, 1.807) is 11.8 Å². The third-order valence-corrected chi connectivity index (χ3v) is 5.27. The maximum absolute atomic E-state index is 10.2. The number of hydrogen-bond acceptors (Lipinski definition) is 3. The molecule has 1 heterocycles. The van der Waals surface area contributed by atoms with Crippen LogP contribution < -0.4 is 0 Å². The zero-order valence-corrected chi connectivity index (χ0v) is 13.0. The molecule has 0 amide bonds. The van der Waals surface area contributed by atoms with Crippen LogP contribution in [0.4, 0.5) is 0 Å². The molecule has 4 atom stereocenters. The van der Waals surface area contributed by atoms with E-state index in [2.05, 4.69) is 13.8 Å². The Morgan fingerprint density at radius 3 is 2.89 bits per heavy atom. The van der Waals surface area contributed by atoms with E-state index < -0.39 is 11.5 Å². The minimum absolute atomic E-state index is 0.175. The van der Waals surface area contributed by atoms with Gasteiger partial charge < -0.3 is 9.84 Å². The number of ether oxygens (including phenoxy) is 1. The first-order valence-electron chi connectivity index (χ1n) is 6.82. The Bertz CT molecular complexity index is 413. The first kappa shape index (κ1) is 15.2. The van der Waals surface area contributed by atoms with Crippen LogP contribution in [-0.2, 0) is 4.74 Å². The Kier molecular flexibility index (Phi) is 5.58. The number of thioether (sulfide) groups is 1. The van der Waals surface area contributed by atoms with Gasteiger partial charge in [0, 0.05) is 4.90 Å². The van der Waals surface area contributed by atoms with Crippen LogP contribution in [0.25, 0.3) is 0 Å². The molecule has 0 bridgehead atoms. The smallest absolute Gasteiger partial charge is 0.126 e. The van der Waals surface area contributed by atoms with Crippen LogP contribution in [0, 0.1) is 5.92 Å². The summed E-state index contributed by atoms with van der Waals surface area (Å²) in [5, 5.41) is 9.85. The lowest BCUT2D eigenvalue weighted by molar-refractivity contribution is 0.0444. The highest BCUT2D eigenvalue weighted by atomic mass is 35.5. The van der Waals surface area contributed by atoms with E-state index in [0.29, 0.717) is 12.5 Å². The molecule has 106 valence electrons. The predicted octanol–water partition coefficient (Wildman–Crippen LogP) is 4.21. The lowest BCUT2D eigenvalue weighted by Gasteiger charge is -2.33. The van der Waals surface area contributed by atoms with Gasteiger partial charge >= 0.3 is 0 Å². The average Bonchev–Trinajstić information content (AvgIpc) is 2.42. The van der Waals surface area contributed by atoms with Gasteiger partial charge in [0.25, 0.3) is 0 Å². The van der Waals surface area contributed by atoms with Gasteiger partial charge in [0.15, 0.2) is 0 Å². The van der Waals surface area contributed by atoms with Gasteiger partial charge in [0.2, 0.25) is 0 Å². The second-order valence-corrected chi connectivity index (χ2v) is 6.78. The van der Waals surface area contributed by atoms with Gasteiger partial charge in [-0.15, -0.1) is 11.6 Å². The van der Waals surface area contributed by atoms with Crippen LogP contribution >= 0.6 is 23.4 Å². The molecule has 4 unspecified atom stereocenters. The summed E-state index contributed by atoms with van der Waals surface area (Å²) in [6.07, 6.45) is 1.67. The van der Waals surface area contributed by atoms with Crippen molar-refractivity contribution in [2.75, 3.05) is 6.61 Å². The third kappa shape index (κ3) is 3.66. The molecule has 0 radical (unpaired) electrons. The summed E-state index contributed by atoms with van der Waals surface area (Å²) in [5.41, 5.74) is 0.736. The van der Waals surface area contributed by atoms with Crippen molar-refractivity contribution < 1.29 is 9.84 Å². The normalized spacial score (nSPS) is 27.9. The van der Waals surface area contributed by atoms with Crippen LogP contribution in [0.2, 0.25) is 0 Å². The van der Waals surface area contributed by atoms with Crippen molar-refractivity contribution >= 4 is 23.4 Å². The fourth-order valence-electron chi connectivity index (χ4n) is 2.30. The minimum atomic E-state index is -0.648. The Morgan fingerprint density at radius 1 is 1.42 bits per heavy atom. The van der Waals surface area contributed by atoms with Crippen molar-refractivity contribution in [3.05, 3.63) is 29.8 Å². The lowest BCUT2D eigenvalue weighted by atomic mass is 10.1. The molecule has 0 fully saturated rings. The fraction of sp³-hybridized carbons (Fsp3) is 0.600. The summed E-state index contributed by atoms with van der Waals surface area (Å²) in [5.74, 6) is 0.531. The quantitative estimate of drug-likeness (QED) is 0.826. The predicted molar refractivity (Wildman–Crippen MR) is 80.7 cm³/mol. The average molecular weight is 301 g/mol. The molecule has 1 aromatic rings. The molecule has 1 N–H and O–H groups in total. The standard InChI is InChI=1S/C15H21ClO2S/c1-3-6-10(2)9-18-15-13(16)14(17)11-7-4-5-8-12(11)19-15/h4-5,7-8,10,13-15,17H,3,6,9H2,1-2H3. The molecule has 0 spiro atoms. The monoisotopic (exact) mass is 300 g/mol. The van der Waals surface area contributed by atoms with Gasteiger partial charge in [0.05, 0.1) is 18.1 Å². The van der Waals surface area contributed by atoms with Gasteiger partial charge in [-0.1, -0.05) is 50.2 Å². The minimum Gasteiger partial charge on any atom is -0.387 e. The summed E-state index contributed by atoms with van der Waals surface area (Å²) in [4.78, 5) is 1.07. The van der Waals surface area contributed by atoms with E-state index >= 15 is 0 Å². The molecule has 4 heteroatoms. The number of halogens is 1. The second kappa shape index (κ2) is 6.98. The molecule has 0 saturated carbocycles. The maximum Gasteiger partial charge on any atom is 0.126 e. The van der Waals surface area contributed by atoms with E-state index in [-0.39, 0.29) is 5.44 Å². The topological polar surface area (TPSA) is 29.5 Å². The highest BCUT2D eigenvalue weighted by Gasteiger charge is 2.35. The summed E-state index contributed by atoms with van der Waals surface area (Å²) in [6.45, 7) is 5.06. The lowest BCUT2D eigenvalue weighted by Crippen LogP contribution is -2.32. The van der Waals surface area contributed by atoms with Gasteiger partial charge in [-0.05, 0) is 24.0 Å². The van der Waals surface area contributed by atoms with Crippen LogP contribution in [0.1, 0.15) is 38.4 Å². The zero-order chi connectivity index (χ0) is 13.8. The third-order valence-electron chi connectivity index (χ3n) is 3.37. The number of fused-ring (bicyclic) bond motifs is 1. The molecule has 1 aliphatic rings. The molecular formula is C15H21ClO2S. The molecule has 2 rings (SSSR count). The van der Waals surface area contributed by atoms with E-state index in [0.717, 1.165) is 23.3 Å². The van der Waals surface area contributed by atoms with Crippen molar-refractivity contribution in [1.82, 2.24) is 0 Å². The Balaban J connectivity index is 2.00. The molecule has 19 heavy (non-hydrogen) atoms. The summed E-state index contributed by atoms with van der Waals surface area (Å²) in [6, 6.07) is 7.84. The van der Waals surface area contributed by atoms with Gasteiger partial charge in [-0.2, -0.15) is 0 Å². The van der Waals surface area contributed by atoms with Crippen molar-refractivity contribution in [3.8, 4) is 0 Å². The molecular weight excluding hydrogens is 280 g/mol. The van der Waals surface area contributed by atoms with E-state index in [1.807, 2.05) is 24.3 Å². The molecule has 1 aromatic carbocycles. The summed E-state index contributed by atoms with van der Waals surface area (Å²) in [7, 11) is 0. The van der Waals surface area contributed by atoms with E-state index in [1.165, 1.54) is 0 Å². The highest BCUT2D eigenvalue weighted by Crippen LogP contribution is 2.43. The molecule has 1 aliphatic heterocycles. The van der Waals surface area contributed by atoms with Gasteiger partial charge in [-0.3, -0.25) is 0 Å². The Hall–Kier alpha value is -0.220. The van der Waals surface area contributed by atoms with Crippen LogP contribution in [0.5, 0.6) is 0 Å². The zero-order valence-electron chi connectivity index (χ0n) is 11.4. The number of benzene rings is 1. The van der Waals surface area contributed by atoms with Gasteiger partial charge in [0.1, 0.15) is 5.44 Å². The number of rotatable bonds is 5. The SMILES string of the molecule is CCCC(C)COC1Sc2ccccc2C(O)C1Cl. The van der Waals surface area contributed by atoms with Crippen molar-refractivity contribution in [1.29, 1.82) is 0 Å².